The fourth-order valence-electron chi connectivity index (χ4n) is 1.85. The van der Waals surface area contributed by atoms with E-state index in [2.05, 4.69) is 9.46 Å². The zero-order valence-corrected chi connectivity index (χ0v) is 13.1. The molecular weight excluding hydrogens is 347 g/mol. The summed E-state index contributed by atoms with van der Waals surface area (Å²) >= 11 is 0. The number of sulfonamides is 1. The van der Waals surface area contributed by atoms with Gasteiger partial charge in [-0.05, 0) is 42.5 Å². The molecule has 0 aliphatic rings. The fourth-order valence-corrected chi connectivity index (χ4v) is 2.95. The second-order valence-electron chi connectivity index (χ2n) is 4.70. The third-order valence-corrected chi connectivity index (χ3v) is 4.41. The van der Waals surface area contributed by atoms with Crippen LogP contribution in [-0.4, -0.2) is 21.5 Å². The SMILES string of the molecule is COC(=O)c1cccc(S(=O)(=O)Nc2ccc(C(F)(F)F)cc2)c1. The lowest BCUT2D eigenvalue weighted by Gasteiger charge is -2.11. The molecule has 128 valence electrons. The predicted molar refractivity (Wildman–Crippen MR) is 80.0 cm³/mol. The van der Waals surface area contributed by atoms with Crippen LogP contribution in [0.25, 0.3) is 0 Å². The Balaban J connectivity index is 2.27. The van der Waals surface area contributed by atoms with Crippen LogP contribution in [-0.2, 0) is 20.9 Å². The van der Waals surface area contributed by atoms with Gasteiger partial charge in [0.1, 0.15) is 0 Å². The van der Waals surface area contributed by atoms with Crippen LogP contribution in [0.3, 0.4) is 0 Å². The first kappa shape index (κ1) is 17.8. The molecule has 0 heterocycles. The van der Waals surface area contributed by atoms with Gasteiger partial charge in [0.05, 0.1) is 23.1 Å². The molecule has 0 amide bonds. The molecule has 2 rings (SSSR count). The van der Waals surface area contributed by atoms with Crippen LogP contribution in [0, 0.1) is 0 Å². The van der Waals surface area contributed by atoms with Crippen molar-refractivity contribution < 1.29 is 31.1 Å². The van der Waals surface area contributed by atoms with E-state index in [4.69, 9.17) is 0 Å². The summed E-state index contributed by atoms with van der Waals surface area (Å²) in [6.45, 7) is 0. The summed E-state index contributed by atoms with van der Waals surface area (Å²) < 4.78 is 68.7. The Kier molecular flexibility index (Phi) is 4.83. The Morgan fingerprint density at radius 1 is 1.08 bits per heavy atom. The summed E-state index contributed by atoms with van der Waals surface area (Å²) in [7, 11) is -2.91. The number of nitrogens with one attached hydrogen (secondary N) is 1. The van der Waals surface area contributed by atoms with E-state index >= 15 is 0 Å². The molecule has 0 aliphatic heterocycles. The molecule has 0 spiro atoms. The van der Waals surface area contributed by atoms with Gasteiger partial charge in [-0.1, -0.05) is 6.07 Å². The number of hydrogen-bond donors (Lipinski definition) is 1. The first-order valence-electron chi connectivity index (χ1n) is 6.52. The van der Waals surface area contributed by atoms with Crippen molar-refractivity contribution in [3.05, 3.63) is 59.7 Å². The Morgan fingerprint density at radius 3 is 2.25 bits per heavy atom. The third kappa shape index (κ3) is 4.05. The van der Waals surface area contributed by atoms with Gasteiger partial charge in [0.15, 0.2) is 0 Å². The van der Waals surface area contributed by atoms with Crippen LogP contribution < -0.4 is 4.72 Å². The van der Waals surface area contributed by atoms with Gasteiger partial charge in [-0.15, -0.1) is 0 Å². The molecule has 0 radical (unpaired) electrons. The van der Waals surface area contributed by atoms with E-state index in [1.165, 1.54) is 18.2 Å². The molecular formula is C15H12F3NO4S. The van der Waals surface area contributed by atoms with Crippen LogP contribution >= 0.6 is 0 Å². The van der Waals surface area contributed by atoms with Gasteiger partial charge in [0.2, 0.25) is 0 Å². The normalized spacial score (nSPS) is 11.8. The molecule has 0 aliphatic carbocycles. The number of carbonyl (C=O) groups excluding carboxylic acids is 1. The van der Waals surface area contributed by atoms with Crippen molar-refractivity contribution in [1.29, 1.82) is 0 Å². The molecule has 24 heavy (non-hydrogen) atoms. The molecule has 1 N–H and O–H groups in total. The monoisotopic (exact) mass is 359 g/mol. The van der Waals surface area contributed by atoms with Crippen molar-refractivity contribution in [2.45, 2.75) is 11.1 Å². The number of ether oxygens (including phenoxy) is 1. The molecule has 2 aromatic rings. The molecule has 0 unspecified atom stereocenters. The lowest BCUT2D eigenvalue weighted by Crippen LogP contribution is -2.14. The van der Waals surface area contributed by atoms with E-state index < -0.39 is 27.7 Å². The van der Waals surface area contributed by atoms with E-state index in [1.54, 1.807) is 0 Å². The minimum Gasteiger partial charge on any atom is -0.465 e. The molecule has 5 nitrogen and oxygen atoms in total. The smallest absolute Gasteiger partial charge is 0.416 e. The van der Waals surface area contributed by atoms with E-state index in [-0.39, 0.29) is 16.1 Å². The first-order valence-corrected chi connectivity index (χ1v) is 8.00. The van der Waals surface area contributed by atoms with Gasteiger partial charge < -0.3 is 4.74 Å². The van der Waals surface area contributed by atoms with E-state index in [1.807, 2.05) is 0 Å². The van der Waals surface area contributed by atoms with Crippen molar-refractivity contribution in [2.75, 3.05) is 11.8 Å². The molecule has 0 bridgehead atoms. The number of benzene rings is 2. The average Bonchev–Trinajstić information content (AvgIpc) is 2.53. The number of hydrogen-bond acceptors (Lipinski definition) is 4. The Labute approximate surface area is 136 Å². The van der Waals surface area contributed by atoms with E-state index in [0.29, 0.717) is 0 Å². The first-order chi connectivity index (χ1) is 11.1. The van der Waals surface area contributed by atoms with Gasteiger partial charge in [0, 0.05) is 5.69 Å². The topological polar surface area (TPSA) is 72.5 Å². The zero-order chi connectivity index (χ0) is 18.0. The second kappa shape index (κ2) is 6.52. The van der Waals surface area contributed by atoms with Crippen LogP contribution in [0.1, 0.15) is 15.9 Å². The quantitative estimate of drug-likeness (QED) is 0.851. The maximum Gasteiger partial charge on any atom is 0.416 e. The van der Waals surface area contributed by atoms with Crippen molar-refractivity contribution in [2.24, 2.45) is 0 Å². The van der Waals surface area contributed by atoms with E-state index in [0.717, 1.165) is 37.4 Å². The lowest BCUT2D eigenvalue weighted by atomic mass is 10.2. The lowest BCUT2D eigenvalue weighted by molar-refractivity contribution is -0.137. The van der Waals surface area contributed by atoms with Crippen molar-refractivity contribution in [3.8, 4) is 0 Å². The molecule has 0 fully saturated rings. The summed E-state index contributed by atoms with van der Waals surface area (Å²) in [4.78, 5) is 11.2. The molecule has 2 aromatic carbocycles. The summed E-state index contributed by atoms with van der Waals surface area (Å²) in [5.41, 5.74) is -0.891. The summed E-state index contributed by atoms with van der Waals surface area (Å²) in [6, 6.07) is 8.63. The van der Waals surface area contributed by atoms with Crippen LogP contribution in [0.4, 0.5) is 18.9 Å². The Bertz CT molecular complexity index is 846. The molecule has 9 heteroatoms. The highest BCUT2D eigenvalue weighted by Crippen LogP contribution is 2.30. The molecule has 0 aromatic heterocycles. The van der Waals surface area contributed by atoms with E-state index in [9.17, 15) is 26.4 Å². The number of alkyl halides is 3. The number of halogens is 3. The number of rotatable bonds is 4. The maximum absolute atomic E-state index is 12.5. The number of methoxy groups -OCH3 is 1. The maximum atomic E-state index is 12.5. The third-order valence-electron chi connectivity index (χ3n) is 3.03. The van der Waals surface area contributed by atoms with Crippen molar-refractivity contribution in [3.63, 3.8) is 0 Å². The van der Waals surface area contributed by atoms with Gasteiger partial charge in [-0.25, -0.2) is 13.2 Å². The fraction of sp³-hybridized carbons (Fsp3) is 0.133. The number of carbonyl (C=O) groups is 1. The molecule has 0 atom stereocenters. The minimum absolute atomic E-state index is 0.0350. The Morgan fingerprint density at radius 2 is 1.71 bits per heavy atom. The van der Waals surface area contributed by atoms with Crippen LogP contribution in [0.15, 0.2) is 53.4 Å². The van der Waals surface area contributed by atoms with Crippen LogP contribution in [0.5, 0.6) is 0 Å². The van der Waals surface area contributed by atoms with Crippen molar-refractivity contribution in [1.82, 2.24) is 0 Å². The summed E-state index contributed by atoms with van der Waals surface area (Å²) in [5, 5.41) is 0. The highest BCUT2D eigenvalue weighted by atomic mass is 32.2. The summed E-state index contributed by atoms with van der Waals surface area (Å²) in [5.74, 6) is -0.707. The van der Waals surface area contributed by atoms with Gasteiger partial charge in [-0.2, -0.15) is 13.2 Å². The van der Waals surface area contributed by atoms with Gasteiger partial charge in [-0.3, -0.25) is 4.72 Å². The average molecular weight is 359 g/mol. The van der Waals surface area contributed by atoms with Crippen molar-refractivity contribution >= 4 is 21.7 Å². The zero-order valence-electron chi connectivity index (χ0n) is 12.3. The Hall–Kier alpha value is -2.55. The molecule has 0 saturated heterocycles. The highest BCUT2D eigenvalue weighted by Gasteiger charge is 2.30. The van der Waals surface area contributed by atoms with Crippen LogP contribution in [0.2, 0.25) is 0 Å². The second-order valence-corrected chi connectivity index (χ2v) is 6.38. The predicted octanol–water partition coefficient (Wildman–Crippen LogP) is 3.29. The standard InChI is InChI=1S/C15H12F3NO4S/c1-23-14(20)10-3-2-4-13(9-10)24(21,22)19-12-7-5-11(6-8-12)15(16,17)18/h2-9,19H,1H3. The minimum atomic E-state index is -4.51. The number of esters is 1. The highest BCUT2D eigenvalue weighted by molar-refractivity contribution is 7.92. The largest absolute Gasteiger partial charge is 0.465 e. The van der Waals surface area contributed by atoms with Gasteiger partial charge >= 0.3 is 12.1 Å². The summed E-state index contributed by atoms with van der Waals surface area (Å²) in [6.07, 6.45) is -4.51. The number of anilines is 1. The molecule has 0 saturated carbocycles. The van der Waals surface area contributed by atoms with Gasteiger partial charge in [0.25, 0.3) is 10.0 Å².